The largest absolute Gasteiger partial charge is 0.378 e. The molecule has 2 aliphatic rings. The van der Waals surface area contributed by atoms with Gasteiger partial charge in [-0.3, -0.25) is 14.7 Å². The quantitative estimate of drug-likeness (QED) is 0.380. The summed E-state index contributed by atoms with van der Waals surface area (Å²) in [4.78, 5) is 29.4. The Labute approximate surface area is 206 Å². The summed E-state index contributed by atoms with van der Waals surface area (Å²) in [7, 11) is 0. The lowest BCUT2D eigenvalue weighted by atomic mass is 10.1. The second-order valence-electron chi connectivity index (χ2n) is 8.93. The van der Waals surface area contributed by atoms with E-state index in [4.69, 9.17) is 4.74 Å². The van der Waals surface area contributed by atoms with E-state index in [9.17, 15) is 9.59 Å². The molecule has 4 aromatic rings. The van der Waals surface area contributed by atoms with Crippen LogP contribution >= 0.6 is 11.3 Å². The topological polar surface area (TPSA) is 99.3 Å². The second-order valence-corrected chi connectivity index (χ2v) is 9.96. The highest BCUT2D eigenvalue weighted by Crippen LogP contribution is 2.45. The third kappa shape index (κ3) is 4.28. The summed E-state index contributed by atoms with van der Waals surface area (Å²) >= 11 is 1.31. The Kier molecular flexibility index (Phi) is 5.50. The van der Waals surface area contributed by atoms with E-state index in [1.165, 1.54) is 11.3 Å². The first-order chi connectivity index (χ1) is 17.1. The van der Waals surface area contributed by atoms with Crippen molar-refractivity contribution in [3.63, 3.8) is 0 Å². The Morgan fingerprint density at radius 1 is 1.00 bits per heavy atom. The number of carbonyl (C=O) groups excluding carboxylic acids is 2. The van der Waals surface area contributed by atoms with Gasteiger partial charge in [0.05, 0.1) is 29.0 Å². The summed E-state index contributed by atoms with van der Waals surface area (Å²) in [5.41, 5.74) is 2.47. The first-order valence-corrected chi connectivity index (χ1v) is 12.5. The highest BCUT2D eigenvalue weighted by molar-refractivity contribution is 7.20. The van der Waals surface area contributed by atoms with Gasteiger partial charge in [0.25, 0.3) is 11.8 Å². The molecular formula is C26H25N5O3S. The minimum absolute atomic E-state index is 0.120. The van der Waals surface area contributed by atoms with Crippen LogP contribution in [0, 0.1) is 0 Å². The van der Waals surface area contributed by atoms with E-state index in [0.29, 0.717) is 34.3 Å². The van der Waals surface area contributed by atoms with Crippen molar-refractivity contribution >= 4 is 44.9 Å². The van der Waals surface area contributed by atoms with Crippen LogP contribution in [0.2, 0.25) is 0 Å². The van der Waals surface area contributed by atoms with Gasteiger partial charge in [0.1, 0.15) is 10.6 Å². The molecule has 0 spiro atoms. The molecule has 0 atom stereocenters. The number of hydrogen-bond acceptors (Lipinski definition) is 6. The normalized spacial score (nSPS) is 16.7. The molecule has 1 saturated heterocycles. The lowest BCUT2D eigenvalue weighted by molar-refractivity contribution is 0.0934. The molecule has 8 nitrogen and oxygen atoms in total. The van der Waals surface area contributed by atoms with Gasteiger partial charge in [0, 0.05) is 24.3 Å². The smallest absolute Gasteiger partial charge is 0.262 e. The minimum Gasteiger partial charge on any atom is -0.378 e. The van der Waals surface area contributed by atoms with Gasteiger partial charge in [-0.15, -0.1) is 11.3 Å². The van der Waals surface area contributed by atoms with Crippen LogP contribution in [0.4, 0.5) is 11.5 Å². The zero-order valence-corrected chi connectivity index (χ0v) is 19.9. The van der Waals surface area contributed by atoms with Gasteiger partial charge in [-0.05, 0) is 48.7 Å². The summed E-state index contributed by atoms with van der Waals surface area (Å²) in [6.07, 6.45) is 1.86. The molecule has 0 radical (unpaired) electrons. The van der Waals surface area contributed by atoms with Crippen molar-refractivity contribution in [3.05, 3.63) is 76.7 Å². The molecule has 6 rings (SSSR count). The van der Waals surface area contributed by atoms with E-state index in [2.05, 4.69) is 37.9 Å². The number of carbonyl (C=O) groups is 2. The van der Waals surface area contributed by atoms with E-state index >= 15 is 0 Å². The Hall–Kier alpha value is -3.69. The number of H-pyrrole nitrogens is 1. The van der Waals surface area contributed by atoms with E-state index in [1.54, 1.807) is 6.07 Å². The van der Waals surface area contributed by atoms with E-state index in [1.807, 2.05) is 42.5 Å². The highest BCUT2D eigenvalue weighted by atomic mass is 32.1. The number of aromatic nitrogens is 2. The number of rotatable bonds is 6. The number of hydrogen-bond donors (Lipinski definition) is 3. The van der Waals surface area contributed by atoms with Crippen molar-refractivity contribution in [2.24, 2.45) is 0 Å². The maximum absolute atomic E-state index is 13.0. The lowest BCUT2D eigenvalue weighted by Gasteiger charge is -2.28. The highest BCUT2D eigenvalue weighted by Gasteiger charge is 2.45. The van der Waals surface area contributed by atoms with Crippen LogP contribution in [0.3, 0.4) is 0 Å². The first kappa shape index (κ1) is 21.8. The van der Waals surface area contributed by atoms with Crippen LogP contribution in [0.25, 0.3) is 10.2 Å². The summed E-state index contributed by atoms with van der Waals surface area (Å²) in [6.45, 7) is 3.12. The molecule has 1 aliphatic carbocycles. The number of nitrogens with zero attached hydrogens (tertiary/aromatic N) is 2. The number of thiophene rings is 1. The van der Waals surface area contributed by atoms with Crippen LogP contribution in [-0.4, -0.2) is 48.3 Å². The van der Waals surface area contributed by atoms with Crippen molar-refractivity contribution in [2.75, 3.05) is 36.5 Å². The SMILES string of the molecule is O=C(Nc1[nH]nc2sc(C(=O)NC3(c4ccccc4)CC3)cc12)c1ccc(N2CCOCC2)cc1. The van der Waals surface area contributed by atoms with Crippen molar-refractivity contribution in [3.8, 4) is 0 Å². The fraction of sp³-hybridized carbons (Fsp3) is 0.269. The molecule has 2 aromatic carbocycles. The predicted molar refractivity (Wildman–Crippen MR) is 136 cm³/mol. The first-order valence-electron chi connectivity index (χ1n) is 11.7. The van der Waals surface area contributed by atoms with Gasteiger partial charge in [-0.1, -0.05) is 30.3 Å². The minimum atomic E-state index is -0.281. The number of benzene rings is 2. The fourth-order valence-electron chi connectivity index (χ4n) is 4.50. The molecule has 3 heterocycles. The van der Waals surface area contributed by atoms with Gasteiger partial charge in [0.2, 0.25) is 0 Å². The molecule has 3 N–H and O–H groups in total. The number of aromatic amines is 1. The Balaban J connectivity index is 1.15. The van der Waals surface area contributed by atoms with Crippen LogP contribution < -0.4 is 15.5 Å². The maximum Gasteiger partial charge on any atom is 0.262 e. The number of anilines is 2. The van der Waals surface area contributed by atoms with Gasteiger partial charge >= 0.3 is 0 Å². The molecule has 0 bridgehead atoms. The zero-order chi connectivity index (χ0) is 23.8. The van der Waals surface area contributed by atoms with Crippen molar-refractivity contribution in [1.29, 1.82) is 0 Å². The van der Waals surface area contributed by atoms with Gasteiger partial charge < -0.3 is 20.3 Å². The van der Waals surface area contributed by atoms with Crippen LogP contribution in [0.1, 0.15) is 38.4 Å². The molecule has 1 aliphatic heterocycles. The van der Waals surface area contributed by atoms with Crippen LogP contribution in [0.15, 0.2) is 60.7 Å². The molecule has 2 aromatic heterocycles. The third-order valence-corrected chi connectivity index (χ3v) is 7.68. The van der Waals surface area contributed by atoms with Crippen molar-refractivity contribution < 1.29 is 14.3 Å². The average Bonchev–Trinajstić information content (AvgIpc) is 3.41. The maximum atomic E-state index is 13.0. The van der Waals surface area contributed by atoms with Crippen molar-refractivity contribution in [2.45, 2.75) is 18.4 Å². The van der Waals surface area contributed by atoms with Gasteiger partial charge in [-0.2, -0.15) is 5.10 Å². The van der Waals surface area contributed by atoms with Gasteiger partial charge in [-0.25, -0.2) is 0 Å². The molecular weight excluding hydrogens is 462 g/mol. The molecule has 1 saturated carbocycles. The number of ether oxygens (including phenoxy) is 1. The molecule has 0 unspecified atom stereocenters. The number of fused-ring (bicyclic) bond motifs is 1. The van der Waals surface area contributed by atoms with E-state index < -0.39 is 0 Å². The van der Waals surface area contributed by atoms with Crippen LogP contribution in [0.5, 0.6) is 0 Å². The summed E-state index contributed by atoms with van der Waals surface area (Å²) in [6, 6.07) is 19.4. The van der Waals surface area contributed by atoms with E-state index in [0.717, 1.165) is 42.6 Å². The standard InChI is InChI=1S/C26H25N5O3S/c32-23(17-6-8-19(9-7-17)31-12-14-34-15-13-31)27-22-20-16-21(35-25(20)30-29-22)24(33)28-26(10-11-26)18-4-2-1-3-5-18/h1-9,16H,10-15H2,(H,28,33)(H2,27,29,30,32). The Morgan fingerprint density at radius 3 is 2.46 bits per heavy atom. The fourth-order valence-corrected chi connectivity index (χ4v) is 5.39. The average molecular weight is 488 g/mol. The summed E-state index contributed by atoms with van der Waals surface area (Å²) < 4.78 is 5.40. The van der Waals surface area contributed by atoms with E-state index in [-0.39, 0.29) is 17.4 Å². The van der Waals surface area contributed by atoms with Crippen molar-refractivity contribution in [1.82, 2.24) is 15.5 Å². The number of morpholine rings is 1. The lowest BCUT2D eigenvalue weighted by Crippen LogP contribution is -2.36. The molecule has 35 heavy (non-hydrogen) atoms. The molecule has 2 amide bonds. The number of amides is 2. The monoisotopic (exact) mass is 487 g/mol. The molecule has 178 valence electrons. The second kappa shape index (κ2) is 8.83. The van der Waals surface area contributed by atoms with Crippen LogP contribution in [-0.2, 0) is 10.3 Å². The third-order valence-electron chi connectivity index (χ3n) is 6.65. The molecule has 2 fully saturated rings. The zero-order valence-electron chi connectivity index (χ0n) is 19.0. The number of nitrogens with one attached hydrogen (secondary N) is 3. The Bertz CT molecular complexity index is 1370. The summed E-state index contributed by atoms with van der Waals surface area (Å²) in [5, 5.41) is 14.0. The Morgan fingerprint density at radius 2 is 1.74 bits per heavy atom. The molecule has 9 heteroatoms. The predicted octanol–water partition coefficient (Wildman–Crippen LogP) is 4.13. The van der Waals surface area contributed by atoms with Gasteiger partial charge in [0.15, 0.2) is 0 Å². The summed E-state index contributed by atoms with van der Waals surface area (Å²) in [5.74, 6) is 0.134.